The topological polar surface area (TPSA) is 128 Å². The average Bonchev–Trinajstić information content (AvgIpc) is 3.45. The Balaban J connectivity index is 1.63. The van der Waals surface area contributed by atoms with E-state index in [-0.39, 0.29) is 17.8 Å². The SMILES string of the molecule is CC(C)C[C@@H](NC(=O)[C@H](CC1CC1)NC(=O)[C@@H]1CCN1c1ncc(F)cn1)B(O)O. The third-order valence-electron chi connectivity index (χ3n) is 5.50. The molecule has 0 spiro atoms. The van der Waals surface area contributed by atoms with E-state index in [0.717, 1.165) is 25.2 Å². The zero-order chi connectivity index (χ0) is 21.8. The van der Waals surface area contributed by atoms with E-state index in [1.54, 1.807) is 4.90 Å². The maximum atomic E-state index is 13.1. The minimum Gasteiger partial charge on any atom is -0.426 e. The lowest BCUT2D eigenvalue weighted by atomic mass is 9.75. The van der Waals surface area contributed by atoms with E-state index in [0.29, 0.717) is 31.7 Å². The Bertz CT molecular complexity index is 747. The van der Waals surface area contributed by atoms with Crippen molar-refractivity contribution in [1.82, 2.24) is 20.6 Å². The third kappa shape index (κ3) is 5.88. The number of hydrogen-bond acceptors (Lipinski definition) is 7. The summed E-state index contributed by atoms with van der Waals surface area (Å²) in [5.41, 5.74) is 0. The quantitative estimate of drug-likeness (QED) is 0.392. The number of rotatable bonds is 10. The molecule has 11 heteroatoms. The predicted molar refractivity (Wildman–Crippen MR) is 109 cm³/mol. The van der Waals surface area contributed by atoms with E-state index in [2.05, 4.69) is 20.6 Å². The minimum atomic E-state index is -1.67. The molecule has 0 radical (unpaired) electrons. The van der Waals surface area contributed by atoms with Gasteiger partial charge in [-0.3, -0.25) is 9.59 Å². The molecule has 1 saturated carbocycles. The molecule has 3 rings (SSSR count). The van der Waals surface area contributed by atoms with Crippen molar-refractivity contribution in [3.05, 3.63) is 18.2 Å². The summed E-state index contributed by atoms with van der Waals surface area (Å²) in [4.78, 5) is 35.2. The van der Waals surface area contributed by atoms with Crippen molar-refractivity contribution in [2.75, 3.05) is 11.4 Å². The van der Waals surface area contributed by atoms with E-state index in [1.165, 1.54) is 0 Å². The van der Waals surface area contributed by atoms with Crippen LogP contribution in [-0.2, 0) is 9.59 Å². The lowest BCUT2D eigenvalue weighted by molar-refractivity contribution is -0.130. The van der Waals surface area contributed by atoms with Gasteiger partial charge in [-0.05, 0) is 31.1 Å². The molecule has 1 aromatic heterocycles. The van der Waals surface area contributed by atoms with Gasteiger partial charge in [-0.1, -0.05) is 26.7 Å². The Hall–Kier alpha value is -2.27. The largest absolute Gasteiger partial charge is 0.475 e. The summed E-state index contributed by atoms with van der Waals surface area (Å²) < 4.78 is 13.1. The number of carbonyl (C=O) groups is 2. The summed E-state index contributed by atoms with van der Waals surface area (Å²) in [6.07, 6.45) is 5.62. The van der Waals surface area contributed by atoms with Gasteiger partial charge in [-0.15, -0.1) is 0 Å². The van der Waals surface area contributed by atoms with Crippen LogP contribution in [0.15, 0.2) is 12.4 Å². The van der Waals surface area contributed by atoms with E-state index >= 15 is 0 Å². The van der Waals surface area contributed by atoms with Crippen LogP contribution >= 0.6 is 0 Å². The minimum absolute atomic E-state index is 0.160. The highest BCUT2D eigenvalue weighted by Crippen LogP contribution is 2.34. The Morgan fingerprint density at radius 1 is 1.23 bits per heavy atom. The summed E-state index contributed by atoms with van der Waals surface area (Å²) in [6, 6.07) is -1.28. The van der Waals surface area contributed by atoms with Crippen molar-refractivity contribution in [2.24, 2.45) is 11.8 Å². The number of amides is 2. The molecule has 0 unspecified atom stereocenters. The second kappa shape index (κ2) is 9.70. The first kappa shape index (κ1) is 22.4. The second-order valence-electron chi connectivity index (χ2n) is 8.60. The van der Waals surface area contributed by atoms with Gasteiger partial charge < -0.3 is 25.6 Å². The molecule has 0 bridgehead atoms. The van der Waals surface area contributed by atoms with Gasteiger partial charge in [-0.25, -0.2) is 14.4 Å². The van der Waals surface area contributed by atoms with Crippen LogP contribution in [0.1, 0.15) is 46.0 Å². The normalized spacial score (nSPS) is 20.3. The van der Waals surface area contributed by atoms with Crippen LogP contribution in [-0.4, -0.2) is 63.5 Å². The van der Waals surface area contributed by atoms with Gasteiger partial charge in [0.2, 0.25) is 17.8 Å². The molecule has 3 atom stereocenters. The van der Waals surface area contributed by atoms with Crippen LogP contribution in [0.25, 0.3) is 0 Å². The summed E-state index contributed by atoms with van der Waals surface area (Å²) >= 11 is 0. The first-order valence-corrected chi connectivity index (χ1v) is 10.5. The lowest BCUT2D eigenvalue weighted by Gasteiger charge is -2.40. The molecule has 1 aromatic rings. The van der Waals surface area contributed by atoms with Gasteiger partial charge in [0.05, 0.1) is 18.3 Å². The molecule has 164 valence electrons. The Morgan fingerprint density at radius 2 is 1.90 bits per heavy atom. The Kier molecular flexibility index (Phi) is 7.25. The molecule has 2 amide bonds. The van der Waals surface area contributed by atoms with Crippen LogP contribution in [0.4, 0.5) is 10.3 Å². The van der Waals surface area contributed by atoms with Crippen molar-refractivity contribution in [3.8, 4) is 0 Å². The molecule has 0 aromatic carbocycles. The van der Waals surface area contributed by atoms with Gasteiger partial charge in [-0.2, -0.15) is 0 Å². The molecule has 1 saturated heterocycles. The number of hydrogen-bond donors (Lipinski definition) is 4. The maximum Gasteiger partial charge on any atom is 0.475 e. The van der Waals surface area contributed by atoms with E-state index < -0.39 is 36.9 Å². The van der Waals surface area contributed by atoms with E-state index in [4.69, 9.17) is 0 Å². The third-order valence-corrected chi connectivity index (χ3v) is 5.50. The monoisotopic (exact) mass is 421 g/mol. The molecule has 1 aliphatic carbocycles. The molecule has 30 heavy (non-hydrogen) atoms. The molecule has 2 heterocycles. The fraction of sp³-hybridized carbons (Fsp3) is 0.684. The van der Waals surface area contributed by atoms with Crippen molar-refractivity contribution in [2.45, 2.75) is 64.0 Å². The van der Waals surface area contributed by atoms with E-state index in [1.807, 2.05) is 13.8 Å². The molecule has 2 aliphatic rings. The van der Waals surface area contributed by atoms with Gasteiger partial charge in [0.15, 0.2) is 5.82 Å². The zero-order valence-corrected chi connectivity index (χ0v) is 17.3. The molecular formula is C19H29BFN5O4. The Morgan fingerprint density at radius 3 is 2.40 bits per heavy atom. The molecule has 9 nitrogen and oxygen atoms in total. The van der Waals surface area contributed by atoms with Gasteiger partial charge in [0.1, 0.15) is 12.1 Å². The predicted octanol–water partition coefficient (Wildman–Crippen LogP) is 0.0222. The fourth-order valence-corrected chi connectivity index (χ4v) is 3.59. The first-order chi connectivity index (χ1) is 14.2. The molecular weight excluding hydrogens is 392 g/mol. The summed E-state index contributed by atoms with van der Waals surface area (Å²) in [6.45, 7) is 4.41. The number of anilines is 1. The van der Waals surface area contributed by atoms with Crippen molar-refractivity contribution < 1.29 is 24.0 Å². The number of aromatic nitrogens is 2. The number of carbonyl (C=O) groups excluding carboxylic acids is 2. The highest BCUT2D eigenvalue weighted by atomic mass is 19.1. The highest BCUT2D eigenvalue weighted by molar-refractivity contribution is 6.43. The van der Waals surface area contributed by atoms with Crippen molar-refractivity contribution in [1.29, 1.82) is 0 Å². The van der Waals surface area contributed by atoms with Crippen LogP contribution in [0.3, 0.4) is 0 Å². The average molecular weight is 421 g/mol. The van der Waals surface area contributed by atoms with Crippen LogP contribution in [0, 0.1) is 17.7 Å². The summed E-state index contributed by atoms with van der Waals surface area (Å²) in [5.74, 6) is -1.29. The van der Waals surface area contributed by atoms with Gasteiger partial charge in [0.25, 0.3) is 0 Å². The number of halogens is 1. The Labute approximate surface area is 175 Å². The molecule has 1 aliphatic heterocycles. The zero-order valence-electron chi connectivity index (χ0n) is 17.3. The van der Waals surface area contributed by atoms with E-state index in [9.17, 15) is 24.0 Å². The highest BCUT2D eigenvalue weighted by Gasteiger charge is 2.39. The van der Waals surface area contributed by atoms with Crippen LogP contribution < -0.4 is 15.5 Å². The van der Waals surface area contributed by atoms with Gasteiger partial charge in [0, 0.05) is 6.54 Å². The maximum absolute atomic E-state index is 13.1. The smallest absolute Gasteiger partial charge is 0.426 e. The van der Waals surface area contributed by atoms with Crippen LogP contribution in [0.5, 0.6) is 0 Å². The number of nitrogens with zero attached hydrogens (tertiary/aromatic N) is 3. The second-order valence-corrected chi connectivity index (χ2v) is 8.60. The van der Waals surface area contributed by atoms with Crippen molar-refractivity contribution in [3.63, 3.8) is 0 Å². The molecule has 4 N–H and O–H groups in total. The lowest BCUT2D eigenvalue weighted by Crippen LogP contribution is -2.61. The first-order valence-electron chi connectivity index (χ1n) is 10.5. The summed E-state index contributed by atoms with van der Waals surface area (Å²) in [7, 11) is -1.67. The fourth-order valence-electron chi connectivity index (χ4n) is 3.59. The van der Waals surface area contributed by atoms with Crippen LogP contribution in [0.2, 0.25) is 0 Å². The standard InChI is InChI=1S/C19H29BFN5O4/c1-11(2)7-16(20(29)30)25-17(27)14(8-12-3-4-12)24-18(28)15-5-6-26(15)19-22-9-13(21)10-23-19/h9-12,14-16,29-30H,3-8H2,1-2H3,(H,24,28)(H,25,27)/t14-,15-,16+/m0/s1. The van der Waals surface area contributed by atoms with Crippen molar-refractivity contribution >= 4 is 24.9 Å². The summed E-state index contributed by atoms with van der Waals surface area (Å²) in [5, 5.41) is 24.7. The molecule has 2 fully saturated rings. The number of nitrogens with one attached hydrogen (secondary N) is 2. The van der Waals surface area contributed by atoms with Gasteiger partial charge >= 0.3 is 7.12 Å².